The Labute approximate surface area is 209 Å². The van der Waals surface area contributed by atoms with Crippen LogP contribution in [0.15, 0.2) is 46.1 Å². The summed E-state index contributed by atoms with van der Waals surface area (Å²) in [6, 6.07) is 6.87. The van der Waals surface area contributed by atoms with E-state index in [1.54, 1.807) is 39.2 Å². The molecule has 0 spiro atoms. The third kappa shape index (κ3) is 4.22. The molecule has 10 heteroatoms. The zero-order valence-electron chi connectivity index (χ0n) is 19.9. The van der Waals surface area contributed by atoms with Gasteiger partial charge in [-0.1, -0.05) is 11.6 Å². The van der Waals surface area contributed by atoms with Crippen LogP contribution in [-0.2, 0) is 11.8 Å². The molecule has 0 saturated carbocycles. The molecule has 0 unspecified atom stereocenters. The Morgan fingerprint density at radius 2 is 1.83 bits per heavy atom. The fraction of sp³-hybridized carbons (Fsp3) is 0.308. The van der Waals surface area contributed by atoms with Crippen LogP contribution in [0, 0.1) is 25.5 Å². The molecule has 0 radical (unpaired) electrons. The zero-order valence-corrected chi connectivity index (χ0v) is 20.6. The zero-order chi connectivity index (χ0) is 25.7. The highest BCUT2D eigenvalue weighted by Crippen LogP contribution is 2.39. The van der Waals surface area contributed by atoms with Crippen molar-refractivity contribution in [2.75, 3.05) is 6.61 Å². The summed E-state index contributed by atoms with van der Waals surface area (Å²) in [6.45, 7) is 3.72. The van der Waals surface area contributed by atoms with E-state index in [4.69, 9.17) is 16.3 Å². The first kappa shape index (κ1) is 24.3. The van der Waals surface area contributed by atoms with Crippen LogP contribution in [0.4, 0.5) is 8.78 Å². The second-order valence-electron chi connectivity index (χ2n) is 9.08. The van der Waals surface area contributed by atoms with Gasteiger partial charge >= 0.3 is 0 Å². The van der Waals surface area contributed by atoms with Gasteiger partial charge in [0.05, 0.1) is 17.4 Å². The van der Waals surface area contributed by atoms with Crippen LogP contribution in [0.2, 0.25) is 5.02 Å². The maximum absolute atomic E-state index is 15.0. The minimum Gasteiger partial charge on any atom is -0.373 e. The van der Waals surface area contributed by atoms with Crippen LogP contribution < -0.4 is 11.1 Å². The van der Waals surface area contributed by atoms with Gasteiger partial charge in [0.1, 0.15) is 11.6 Å². The van der Waals surface area contributed by atoms with Crippen molar-refractivity contribution in [3.63, 3.8) is 0 Å². The average molecular weight is 513 g/mol. The van der Waals surface area contributed by atoms with Crippen molar-refractivity contribution in [1.29, 1.82) is 0 Å². The highest BCUT2D eigenvalue weighted by atomic mass is 35.5. The van der Waals surface area contributed by atoms with Crippen LogP contribution in [0.5, 0.6) is 0 Å². The highest BCUT2D eigenvalue weighted by Gasteiger charge is 2.29. The normalized spacial score (nSPS) is 18.1. The SMILES string of the molecule is Cc1nc2c(-c3c(F)cc(Cl)cc3F)cc([C@H]3CCO[C@@H](c4ccc(=O)n(C)c4)C3)nn2c(=O)c1C. The molecule has 3 aromatic heterocycles. The third-order valence-electron chi connectivity index (χ3n) is 6.74. The number of benzene rings is 1. The highest BCUT2D eigenvalue weighted by molar-refractivity contribution is 6.30. The molecule has 4 aromatic rings. The number of hydrogen-bond donors (Lipinski definition) is 0. The molecule has 0 amide bonds. The first-order chi connectivity index (χ1) is 17.1. The van der Waals surface area contributed by atoms with Crippen LogP contribution in [-0.4, -0.2) is 25.8 Å². The fourth-order valence-electron chi connectivity index (χ4n) is 4.61. The number of ether oxygens (including phenoxy) is 1. The van der Waals surface area contributed by atoms with Gasteiger partial charge in [-0.25, -0.2) is 13.8 Å². The standard InChI is InChI=1S/C26H23ClF2N4O3/c1-13-14(2)30-25-18(24-19(28)9-17(27)10-20(24)29)11-21(31-33(25)26(13)35)15-6-7-36-22(8-15)16-4-5-23(34)32(3)12-16/h4-5,9-12,15,22H,6-8H2,1-3H3/t15-,22+/m0/s1. The van der Waals surface area contributed by atoms with E-state index in [2.05, 4.69) is 10.1 Å². The van der Waals surface area contributed by atoms with Crippen LogP contribution in [0.3, 0.4) is 0 Å². The lowest BCUT2D eigenvalue weighted by atomic mass is 9.88. The largest absolute Gasteiger partial charge is 0.373 e. The molecule has 0 bridgehead atoms. The van der Waals surface area contributed by atoms with Crippen molar-refractivity contribution in [3.8, 4) is 11.1 Å². The lowest BCUT2D eigenvalue weighted by Gasteiger charge is -2.30. The van der Waals surface area contributed by atoms with E-state index in [-0.39, 0.29) is 39.4 Å². The molecule has 1 fully saturated rings. The van der Waals surface area contributed by atoms with Crippen LogP contribution >= 0.6 is 11.6 Å². The van der Waals surface area contributed by atoms with Gasteiger partial charge < -0.3 is 9.30 Å². The summed E-state index contributed by atoms with van der Waals surface area (Å²) in [7, 11) is 1.67. The molecule has 186 valence electrons. The van der Waals surface area contributed by atoms with Crippen LogP contribution in [0.25, 0.3) is 16.8 Å². The van der Waals surface area contributed by atoms with E-state index in [1.807, 2.05) is 0 Å². The third-order valence-corrected chi connectivity index (χ3v) is 6.96. The summed E-state index contributed by atoms with van der Waals surface area (Å²) in [5.41, 5.74) is 1.51. The summed E-state index contributed by atoms with van der Waals surface area (Å²) >= 11 is 5.85. The summed E-state index contributed by atoms with van der Waals surface area (Å²) in [5.74, 6) is -1.89. The number of rotatable bonds is 3. The van der Waals surface area contributed by atoms with Crippen molar-refractivity contribution < 1.29 is 13.5 Å². The number of fused-ring (bicyclic) bond motifs is 1. The second kappa shape index (κ2) is 9.22. The first-order valence-corrected chi connectivity index (χ1v) is 11.9. The van der Waals surface area contributed by atoms with Gasteiger partial charge in [-0.2, -0.15) is 9.61 Å². The van der Waals surface area contributed by atoms with Crippen molar-refractivity contribution in [3.05, 3.63) is 96.4 Å². The van der Waals surface area contributed by atoms with E-state index >= 15 is 8.78 Å². The molecule has 1 aliphatic rings. The molecule has 2 atom stereocenters. The monoisotopic (exact) mass is 512 g/mol. The Morgan fingerprint density at radius 3 is 2.53 bits per heavy atom. The maximum Gasteiger partial charge on any atom is 0.277 e. The van der Waals surface area contributed by atoms with Gasteiger partial charge in [0.15, 0.2) is 5.65 Å². The molecular weight excluding hydrogens is 490 g/mol. The van der Waals surface area contributed by atoms with E-state index in [0.29, 0.717) is 36.4 Å². The van der Waals surface area contributed by atoms with Gasteiger partial charge in [0.25, 0.3) is 5.56 Å². The topological polar surface area (TPSA) is 78.5 Å². The van der Waals surface area contributed by atoms with Crippen molar-refractivity contribution in [2.24, 2.45) is 7.05 Å². The molecule has 4 heterocycles. The Morgan fingerprint density at radius 1 is 1.11 bits per heavy atom. The lowest BCUT2D eigenvalue weighted by Crippen LogP contribution is -2.26. The molecule has 36 heavy (non-hydrogen) atoms. The number of aromatic nitrogens is 4. The molecule has 0 aliphatic carbocycles. The molecule has 5 rings (SSSR count). The molecule has 0 N–H and O–H groups in total. The number of aryl methyl sites for hydroxylation is 2. The Hall–Kier alpha value is -3.43. The predicted octanol–water partition coefficient (Wildman–Crippen LogP) is 4.64. The van der Waals surface area contributed by atoms with Crippen molar-refractivity contribution in [1.82, 2.24) is 19.2 Å². The van der Waals surface area contributed by atoms with Gasteiger partial charge in [-0.05, 0) is 56.5 Å². The maximum atomic E-state index is 15.0. The smallest absolute Gasteiger partial charge is 0.277 e. The van der Waals surface area contributed by atoms with Gasteiger partial charge in [0, 0.05) is 53.7 Å². The van der Waals surface area contributed by atoms with Gasteiger partial charge in [0.2, 0.25) is 5.56 Å². The summed E-state index contributed by atoms with van der Waals surface area (Å²) in [5, 5.41) is 4.51. The van der Waals surface area contributed by atoms with E-state index in [9.17, 15) is 9.59 Å². The molecule has 7 nitrogen and oxygen atoms in total. The first-order valence-electron chi connectivity index (χ1n) is 11.5. The van der Waals surface area contributed by atoms with E-state index < -0.39 is 17.2 Å². The average Bonchev–Trinajstić information content (AvgIpc) is 2.84. The molecule has 1 aromatic carbocycles. The van der Waals surface area contributed by atoms with Gasteiger partial charge in [-0.15, -0.1) is 0 Å². The quantitative estimate of drug-likeness (QED) is 0.399. The number of halogens is 3. The molecule has 1 saturated heterocycles. The summed E-state index contributed by atoms with van der Waals surface area (Å²) in [4.78, 5) is 29.4. The molecule has 1 aliphatic heterocycles. The van der Waals surface area contributed by atoms with Crippen LogP contribution in [0.1, 0.15) is 47.4 Å². The minimum atomic E-state index is -0.860. The van der Waals surface area contributed by atoms with E-state index in [0.717, 1.165) is 22.2 Å². The number of hydrogen-bond acceptors (Lipinski definition) is 5. The Bertz CT molecular complexity index is 1610. The number of nitrogens with zero attached hydrogens (tertiary/aromatic N) is 4. The minimum absolute atomic E-state index is 0.0636. The number of pyridine rings is 1. The van der Waals surface area contributed by atoms with Gasteiger partial charge in [-0.3, -0.25) is 9.59 Å². The lowest BCUT2D eigenvalue weighted by molar-refractivity contribution is 0.00411. The second-order valence-corrected chi connectivity index (χ2v) is 9.52. The fourth-order valence-corrected chi connectivity index (χ4v) is 4.80. The predicted molar refractivity (Wildman–Crippen MR) is 131 cm³/mol. The molecular formula is C26H23ClF2N4O3. The van der Waals surface area contributed by atoms with Crippen molar-refractivity contribution >= 4 is 17.2 Å². The summed E-state index contributed by atoms with van der Waals surface area (Å²) < 4.78 is 38.6. The Balaban J connectivity index is 1.68. The van der Waals surface area contributed by atoms with E-state index in [1.165, 1.54) is 10.6 Å². The van der Waals surface area contributed by atoms with Crippen molar-refractivity contribution in [2.45, 2.75) is 38.7 Å². The summed E-state index contributed by atoms with van der Waals surface area (Å²) in [6.07, 6.45) is 2.52. The Kier molecular flexibility index (Phi) is 6.22.